The number of amides is 3. The number of ether oxygens (including phenoxy) is 1. The fraction of sp³-hybridized carbons (Fsp3) is 0.379. The van der Waals surface area contributed by atoms with Gasteiger partial charge in [0.15, 0.2) is 0 Å². The summed E-state index contributed by atoms with van der Waals surface area (Å²) in [4.78, 5) is 31.6. The van der Waals surface area contributed by atoms with Crippen LogP contribution in [0, 0.1) is 20.8 Å². The maximum absolute atomic E-state index is 13.7. The van der Waals surface area contributed by atoms with Crippen LogP contribution in [0.4, 0.5) is 10.5 Å². The minimum absolute atomic E-state index is 0.000142. The summed E-state index contributed by atoms with van der Waals surface area (Å²) in [5.41, 5.74) is 5.00. The number of carbonyl (C=O) groups excluding carboxylic acids is 2. The standard InChI is InChI=1S/C29H37N3O3S/c1-5-35-17-10-16-31(29(34)30-28-23(3)11-9-12-24(28)4)21-27(33)32(19-25-13-7-6-8-14-25)20-26-22(2)15-18-36-26/h6-9,11-15,18H,5,10,16-17,19-21H2,1-4H3,(H,30,34). The van der Waals surface area contributed by atoms with Gasteiger partial charge in [0.1, 0.15) is 6.54 Å². The fourth-order valence-corrected chi connectivity index (χ4v) is 4.91. The van der Waals surface area contributed by atoms with Gasteiger partial charge in [0, 0.05) is 36.9 Å². The van der Waals surface area contributed by atoms with E-state index in [0.717, 1.165) is 27.3 Å². The lowest BCUT2D eigenvalue weighted by molar-refractivity contribution is -0.133. The summed E-state index contributed by atoms with van der Waals surface area (Å²) >= 11 is 1.65. The van der Waals surface area contributed by atoms with E-state index in [2.05, 4.69) is 18.3 Å². The number of hydrogen-bond acceptors (Lipinski definition) is 4. The molecule has 1 N–H and O–H groups in total. The van der Waals surface area contributed by atoms with Gasteiger partial charge >= 0.3 is 6.03 Å². The van der Waals surface area contributed by atoms with E-state index >= 15 is 0 Å². The minimum Gasteiger partial charge on any atom is -0.382 e. The highest BCUT2D eigenvalue weighted by Crippen LogP contribution is 2.21. The molecule has 3 aromatic rings. The normalized spacial score (nSPS) is 10.8. The van der Waals surface area contributed by atoms with Gasteiger partial charge in [0.05, 0.1) is 6.54 Å². The third-order valence-corrected chi connectivity index (χ3v) is 7.13. The molecule has 0 aliphatic rings. The second-order valence-electron chi connectivity index (χ2n) is 8.93. The molecule has 0 unspecified atom stereocenters. The lowest BCUT2D eigenvalue weighted by atomic mass is 10.1. The molecule has 0 aliphatic carbocycles. The van der Waals surface area contributed by atoms with Crippen LogP contribution < -0.4 is 5.32 Å². The smallest absolute Gasteiger partial charge is 0.322 e. The Morgan fingerprint density at radius 3 is 2.25 bits per heavy atom. The molecule has 192 valence electrons. The molecule has 0 atom stereocenters. The number of nitrogens with zero attached hydrogens (tertiary/aromatic N) is 2. The summed E-state index contributed by atoms with van der Waals surface area (Å²) in [5.74, 6) is -0.0836. The van der Waals surface area contributed by atoms with Gasteiger partial charge in [-0.15, -0.1) is 11.3 Å². The Morgan fingerprint density at radius 2 is 1.61 bits per heavy atom. The molecule has 0 saturated heterocycles. The summed E-state index contributed by atoms with van der Waals surface area (Å²) < 4.78 is 5.48. The molecule has 0 spiro atoms. The summed E-state index contributed by atoms with van der Waals surface area (Å²) in [6.45, 7) is 10.6. The number of carbonyl (C=O) groups is 2. The van der Waals surface area contributed by atoms with Crippen LogP contribution >= 0.6 is 11.3 Å². The third-order valence-electron chi connectivity index (χ3n) is 6.12. The summed E-state index contributed by atoms with van der Waals surface area (Å²) in [6, 6.07) is 17.7. The summed E-state index contributed by atoms with van der Waals surface area (Å²) in [7, 11) is 0. The van der Waals surface area contributed by atoms with Crippen molar-refractivity contribution in [3.05, 3.63) is 87.1 Å². The molecule has 0 saturated carbocycles. The van der Waals surface area contributed by atoms with Crippen LogP contribution in [0.3, 0.4) is 0 Å². The Kier molecular flexibility index (Phi) is 10.5. The number of hydrogen-bond donors (Lipinski definition) is 1. The largest absolute Gasteiger partial charge is 0.382 e. The maximum Gasteiger partial charge on any atom is 0.322 e. The molecule has 6 nitrogen and oxygen atoms in total. The molecular formula is C29H37N3O3S. The molecule has 3 amide bonds. The first kappa shape index (κ1) is 27.4. The van der Waals surface area contributed by atoms with E-state index < -0.39 is 0 Å². The highest BCUT2D eigenvalue weighted by molar-refractivity contribution is 7.10. The topological polar surface area (TPSA) is 61.9 Å². The van der Waals surface area contributed by atoms with Crippen molar-refractivity contribution in [1.82, 2.24) is 9.80 Å². The van der Waals surface area contributed by atoms with Gasteiger partial charge in [0.25, 0.3) is 0 Å². The number of anilines is 1. The Hall–Kier alpha value is -3.16. The molecule has 3 rings (SSSR count). The van der Waals surface area contributed by atoms with Crippen LogP contribution in [0.5, 0.6) is 0 Å². The van der Waals surface area contributed by atoms with Gasteiger partial charge in [-0.25, -0.2) is 4.79 Å². The van der Waals surface area contributed by atoms with Crippen LogP contribution in [0.15, 0.2) is 60.0 Å². The van der Waals surface area contributed by atoms with Gasteiger partial charge in [-0.05, 0) is 67.8 Å². The number of urea groups is 1. The van der Waals surface area contributed by atoms with Crippen molar-refractivity contribution < 1.29 is 14.3 Å². The predicted molar refractivity (Wildman–Crippen MR) is 147 cm³/mol. The maximum atomic E-state index is 13.7. The number of para-hydroxylation sites is 1. The van der Waals surface area contributed by atoms with Crippen LogP contribution in [-0.2, 0) is 22.6 Å². The molecule has 0 radical (unpaired) electrons. The van der Waals surface area contributed by atoms with Crippen LogP contribution in [0.25, 0.3) is 0 Å². The third kappa shape index (κ3) is 7.93. The molecule has 0 aliphatic heterocycles. The van der Waals surface area contributed by atoms with Crippen molar-refractivity contribution in [2.75, 3.05) is 31.6 Å². The van der Waals surface area contributed by atoms with E-state index in [0.29, 0.717) is 39.3 Å². The van der Waals surface area contributed by atoms with E-state index in [1.807, 2.05) is 79.6 Å². The molecule has 36 heavy (non-hydrogen) atoms. The zero-order valence-electron chi connectivity index (χ0n) is 21.8. The van der Waals surface area contributed by atoms with Crippen molar-refractivity contribution in [2.45, 2.75) is 47.2 Å². The van der Waals surface area contributed by atoms with Crippen molar-refractivity contribution in [2.24, 2.45) is 0 Å². The lowest BCUT2D eigenvalue weighted by Gasteiger charge is -2.28. The number of rotatable bonds is 12. The fourth-order valence-electron chi connectivity index (χ4n) is 3.99. The molecule has 1 heterocycles. The van der Waals surface area contributed by atoms with Crippen molar-refractivity contribution in [3.8, 4) is 0 Å². The van der Waals surface area contributed by atoms with E-state index in [9.17, 15) is 9.59 Å². The van der Waals surface area contributed by atoms with Crippen LogP contribution in [0.2, 0.25) is 0 Å². The SMILES string of the molecule is CCOCCCN(CC(=O)N(Cc1ccccc1)Cc1sccc1C)C(=O)Nc1c(C)cccc1C. The summed E-state index contributed by atoms with van der Waals surface area (Å²) in [5, 5.41) is 5.10. The Balaban J connectivity index is 1.79. The minimum atomic E-state index is -0.274. The van der Waals surface area contributed by atoms with Crippen molar-refractivity contribution >= 4 is 29.0 Å². The zero-order chi connectivity index (χ0) is 25.9. The number of thiophene rings is 1. The summed E-state index contributed by atoms with van der Waals surface area (Å²) in [6.07, 6.45) is 0.657. The predicted octanol–water partition coefficient (Wildman–Crippen LogP) is 6.16. The van der Waals surface area contributed by atoms with E-state index in [4.69, 9.17) is 4.74 Å². The van der Waals surface area contributed by atoms with E-state index in [-0.39, 0.29) is 18.5 Å². The molecule has 0 fully saturated rings. The van der Waals surface area contributed by atoms with E-state index in [1.54, 1.807) is 16.2 Å². The van der Waals surface area contributed by atoms with Gasteiger partial charge < -0.3 is 19.9 Å². The van der Waals surface area contributed by atoms with Crippen molar-refractivity contribution in [1.29, 1.82) is 0 Å². The second kappa shape index (κ2) is 13.8. The lowest BCUT2D eigenvalue weighted by Crippen LogP contribution is -2.44. The van der Waals surface area contributed by atoms with Crippen LogP contribution in [-0.4, -0.2) is 48.0 Å². The average molecular weight is 508 g/mol. The number of benzene rings is 2. The highest BCUT2D eigenvalue weighted by Gasteiger charge is 2.23. The van der Waals surface area contributed by atoms with Crippen LogP contribution in [0.1, 0.15) is 40.5 Å². The molecule has 1 aromatic heterocycles. The first-order chi connectivity index (χ1) is 17.4. The average Bonchev–Trinajstić information content (AvgIpc) is 3.27. The zero-order valence-corrected chi connectivity index (χ0v) is 22.6. The van der Waals surface area contributed by atoms with Gasteiger partial charge in [0.2, 0.25) is 5.91 Å². The number of nitrogens with one attached hydrogen (secondary N) is 1. The van der Waals surface area contributed by atoms with Gasteiger partial charge in [-0.1, -0.05) is 48.5 Å². The first-order valence-corrected chi connectivity index (χ1v) is 13.3. The van der Waals surface area contributed by atoms with E-state index in [1.165, 1.54) is 5.56 Å². The molecule has 2 aromatic carbocycles. The molecular weight excluding hydrogens is 470 g/mol. The van der Waals surface area contributed by atoms with Crippen molar-refractivity contribution in [3.63, 3.8) is 0 Å². The molecule has 7 heteroatoms. The number of aryl methyl sites for hydroxylation is 3. The molecule has 0 bridgehead atoms. The van der Waals surface area contributed by atoms with Gasteiger partial charge in [-0.3, -0.25) is 4.79 Å². The first-order valence-electron chi connectivity index (χ1n) is 12.4. The highest BCUT2D eigenvalue weighted by atomic mass is 32.1. The Labute approximate surface area is 218 Å². The van der Waals surface area contributed by atoms with Gasteiger partial charge in [-0.2, -0.15) is 0 Å². The quantitative estimate of drug-likeness (QED) is 0.299. The monoisotopic (exact) mass is 507 g/mol. The second-order valence-corrected chi connectivity index (χ2v) is 9.93. The Bertz CT molecular complexity index is 1110. The Morgan fingerprint density at radius 1 is 0.889 bits per heavy atom.